The number of rotatable bonds is 5. The quantitative estimate of drug-likeness (QED) is 0.629. The van der Waals surface area contributed by atoms with Crippen LogP contribution >= 0.6 is 0 Å². The molecule has 2 aliphatic rings. The van der Waals surface area contributed by atoms with E-state index in [1.165, 1.54) is 18.2 Å². The second kappa shape index (κ2) is 8.57. The van der Waals surface area contributed by atoms with Gasteiger partial charge in [-0.25, -0.2) is 13.6 Å². The molecule has 168 valence electrons. The van der Waals surface area contributed by atoms with Crippen LogP contribution in [0.3, 0.4) is 0 Å². The van der Waals surface area contributed by atoms with Crippen LogP contribution < -0.4 is 0 Å². The van der Waals surface area contributed by atoms with Crippen LogP contribution in [-0.2, 0) is 16.1 Å². The van der Waals surface area contributed by atoms with Gasteiger partial charge in [0.2, 0.25) is 0 Å². The van der Waals surface area contributed by atoms with E-state index in [0.717, 1.165) is 12.8 Å². The minimum atomic E-state index is -0.678. The van der Waals surface area contributed by atoms with Crippen LogP contribution in [0.5, 0.6) is 0 Å². The van der Waals surface area contributed by atoms with E-state index in [0.29, 0.717) is 37.3 Å². The molecule has 0 radical (unpaired) electrons. The average Bonchev–Trinajstić information content (AvgIpc) is 3.46. The molecular weight excluding hydrogens is 406 g/mol. The van der Waals surface area contributed by atoms with Gasteiger partial charge in [-0.3, -0.25) is 0 Å². The molecule has 0 unspecified atom stereocenters. The normalized spacial score (nSPS) is 17.8. The summed E-state index contributed by atoms with van der Waals surface area (Å²) in [5.41, 5.74) is 0.0670. The number of aromatic nitrogens is 1. The van der Waals surface area contributed by atoms with Crippen LogP contribution in [0.1, 0.15) is 63.7 Å². The van der Waals surface area contributed by atoms with Gasteiger partial charge in [-0.2, -0.15) is 0 Å². The highest BCUT2D eigenvalue weighted by atomic mass is 19.1. The maximum Gasteiger partial charge on any atom is 0.410 e. The zero-order valence-corrected chi connectivity index (χ0v) is 18.1. The van der Waals surface area contributed by atoms with Crippen molar-refractivity contribution in [2.75, 3.05) is 13.1 Å². The monoisotopic (exact) mass is 434 g/mol. The van der Waals surface area contributed by atoms with Crippen LogP contribution in [0, 0.1) is 11.6 Å². The Labute approximate surface area is 180 Å². The Morgan fingerprint density at radius 3 is 2.39 bits per heavy atom. The summed E-state index contributed by atoms with van der Waals surface area (Å²) in [5.74, 6) is -0.474. The van der Waals surface area contributed by atoms with Crippen molar-refractivity contribution in [3.05, 3.63) is 41.2 Å². The Morgan fingerprint density at radius 2 is 1.81 bits per heavy atom. The molecule has 0 atom stereocenters. The van der Waals surface area contributed by atoms with Crippen molar-refractivity contribution in [3.8, 4) is 11.3 Å². The molecule has 1 amide bonds. The number of hydrogen-bond donors (Lipinski definition) is 0. The smallest absolute Gasteiger partial charge is 0.410 e. The molecule has 8 heteroatoms. The summed E-state index contributed by atoms with van der Waals surface area (Å²) in [5, 5.41) is 4.00. The van der Waals surface area contributed by atoms with E-state index < -0.39 is 17.2 Å². The molecule has 31 heavy (non-hydrogen) atoms. The fourth-order valence-corrected chi connectivity index (χ4v) is 3.78. The third-order valence-corrected chi connectivity index (χ3v) is 5.52. The Kier molecular flexibility index (Phi) is 6.01. The van der Waals surface area contributed by atoms with E-state index in [9.17, 15) is 13.6 Å². The highest BCUT2D eigenvalue weighted by Crippen LogP contribution is 2.45. The highest BCUT2D eigenvalue weighted by Gasteiger charge is 2.34. The van der Waals surface area contributed by atoms with Gasteiger partial charge >= 0.3 is 6.09 Å². The lowest BCUT2D eigenvalue weighted by atomic mass is 10.0. The summed E-state index contributed by atoms with van der Waals surface area (Å²) < 4.78 is 45.7. The topological polar surface area (TPSA) is 64.8 Å². The molecule has 1 aliphatic heterocycles. The number of halogens is 2. The molecule has 1 saturated heterocycles. The number of carbonyl (C=O) groups is 1. The summed E-state index contributed by atoms with van der Waals surface area (Å²) in [6, 6.07) is 3.74. The number of hydrogen-bond acceptors (Lipinski definition) is 5. The summed E-state index contributed by atoms with van der Waals surface area (Å²) in [7, 11) is 0. The van der Waals surface area contributed by atoms with Crippen LogP contribution in [0.25, 0.3) is 11.3 Å². The van der Waals surface area contributed by atoms with E-state index in [4.69, 9.17) is 14.0 Å². The lowest BCUT2D eigenvalue weighted by Gasteiger charge is -2.33. The molecule has 0 spiro atoms. The summed E-state index contributed by atoms with van der Waals surface area (Å²) >= 11 is 0. The van der Waals surface area contributed by atoms with Crippen LogP contribution in [0.15, 0.2) is 22.7 Å². The summed E-state index contributed by atoms with van der Waals surface area (Å²) in [6.45, 7) is 6.75. The van der Waals surface area contributed by atoms with Crippen molar-refractivity contribution in [1.29, 1.82) is 0 Å². The number of piperidine rings is 1. The molecule has 2 aromatic rings. The van der Waals surface area contributed by atoms with Crippen molar-refractivity contribution >= 4 is 6.09 Å². The molecular formula is C23H28F2N2O4. The van der Waals surface area contributed by atoms with Gasteiger partial charge in [-0.05, 0) is 58.6 Å². The standard InChI is InChI=1S/C23H28F2N2O4/c1-23(2,3)30-22(28)27-11-9-15(10-12-27)29-13-16-20(26-31-21(16)14-7-8-14)19-17(24)5-4-6-18(19)25/h4-6,14-15H,7-13H2,1-3H3. The first-order valence-electron chi connectivity index (χ1n) is 10.8. The lowest BCUT2D eigenvalue weighted by molar-refractivity contribution is -0.0172. The average molecular weight is 434 g/mol. The summed E-state index contributed by atoms with van der Waals surface area (Å²) in [6.07, 6.45) is 2.86. The molecule has 0 N–H and O–H groups in total. The van der Waals surface area contributed by atoms with E-state index in [2.05, 4.69) is 5.16 Å². The van der Waals surface area contributed by atoms with Gasteiger partial charge in [0.15, 0.2) is 0 Å². The van der Waals surface area contributed by atoms with Gasteiger partial charge in [0, 0.05) is 24.6 Å². The first-order chi connectivity index (χ1) is 14.7. The molecule has 2 heterocycles. The van der Waals surface area contributed by atoms with E-state index in [-0.39, 0.29) is 36.0 Å². The highest BCUT2D eigenvalue weighted by molar-refractivity contribution is 5.68. The third kappa shape index (κ3) is 5.06. The minimum absolute atomic E-state index is 0.0704. The van der Waals surface area contributed by atoms with E-state index in [1.807, 2.05) is 20.8 Å². The predicted octanol–water partition coefficient (Wildman–Crippen LogP) is 5.41. The third-order valence-electron chi connectivity index (χ3n) is 5.52. The molecule has 1 aromatic carbocycles. The second-order valence-corrected chi connectivity index (χ2v) is 9.22. The largest absolute Gasteiger partial charge is 0.444 e. The van der Waals surface area contributed by atoms with Gasteiger partial charge < -0.3 is 18.9 Å². The maximum atomic E-state index is 14.4. The Bertz CT molecular complexity index is 921. The fourth-order valence-electron chi connectivity index (χ4n) is 3.78. The molecule has 1 saturated carbocycles. The van der Waals surface area contributed by atoms with Crippen LogP contribution in [0.2, 0.25) is 0 Å². The number of nitrogens with zero attached hydrogens (tertiary/aromatic N) is 2. The number of carbonyl (C=O) groups excluding carboxylic acids is 1. The molecule has 0 bridgehead atoms. The van der Waals surface area contributed by atoms with E-state index >= 15 is 0 Å². The van der Waals surface area contributed by atoms with Gasteiger partial charge in [0.05, 0.1) is 18.3 Å². The number of benzene rings is 1. The molecule has 2 fully saturated rings. The Hall–Kier alpha value is -2.48. The Morgan fingerprint density at radius 1 is 1.16 bits per heavy atom. The first-order valence-corrected chi connectivity index (χ1v) is 10.8. The van der Waals surface area contributed by atoms with E-state index in [1.54, 1.807) is 4.90 Å². The van der Waals surface area contributed by atoms with Crippen molar-refractivity contribution in [2.45, 2.75) is 70.7 Å². The van der Waals surface area contributed by atoms with Gasteiger partial charge in [-0.1, -0.05) is 11.2 Å². The van der Waals surface area contributed by atoms with Crippen molar-refractivity contribution < 1.29 is 27.6 Å². The maximum absolute atomic E-state index is 14.4. The number of amides is 1. The lowest BCUT2D eigenvalue weighted by Crippen LogP contribution is -2.43. The fraction of sp³-hybridized carbons (Fsp3) is 0.565. The molecule has 1 aliphatic carbocycles. The zero-order valence-electron chi connectivity index (χ0n) is 18.1. The molecule has 4 rings (SSSR count). The van der Waals surface area contributed by atoms with Gasteiger partial charge in [-0.15, -0.1) is 0 Å². The van der Waals surface area contributed by atoms with Crippen molar-refractivity contribution in [1.82, 2.24) is 10.1 Å². The van der Waals surface area contributed by atoms with Crippen molar-refractivity contribution in [2.24, 2.45) is 0 Å². The SMILES string of the molecule is CC(C)(C)OC(=O)N1CCC(OCc2c(-c3c(F)cccc3F)noc2C2CC2)CC1. The predicted molar refractivity (Wildman–Crippen MR) is 109 cm³/mol. The molecule has 1 aromatic heterocycles. The number of likely N-dealkylation sites (tertiary alicyclic amines) is 1. The minimum Gasteiger partial charge on any atom is -0.444 e. The van der Waals surface area contributed by atoms with Crippen LogP contribution in [-0.4, -0.2) is 40.9 Å². The van der Waals surface area contributed by atoms with Gasteiger partial charge in [0.1, 0.15) is 28.7 Å². The Balaban J connectivity index is 1.43. The zero-order chi connectivity index (χ0) is 22.2. The van der Waals surface area contributed by atoms with Gasteiger partial charge in [0.25, 0.3) is 0 Å². The van der Waals surface area contributed by atoms with Crippen molar-refractivity contribution in [3.63, 3.8) is 0 Å². The summed E-state index contributed by atoms with van der Waals surface area (Å²) in [4.78, 5) is 13.9. The molecule has 6 nitrogen and oxygen atoms in total. The second-order valence-electron chi connectivity index (χ2n) is 9.22. The number of ether oxygens (including phenoxy) is 2. The first kappa shape index (κ1) is 21.7. The van der Waals surface area contributed by atoms with Crippen LogP contribution in [0.4, 0.5) is 13.6 Å².